The fourth-order valence-electron chi connectivity index (χ4n) is 2.93. The van der Waals surface area contributed by atoms with E-state index < -0.39 is 0 Å². The SMILES string of the molecule is CCOC1CC(N[C@@H](C)c2ccco2)C1(C)CC. The third kappa shape index (κ3) is 2.34. The van der Waals surface area contributed by atoms with Gasteiger partial charge in [0.2, 0.25) is 0 Å². The van der Waals surface area contributed by atoms with Gasteiger partial charge >= 0.3 is 0 Å². The Morgan fingerprint density at radius 3 is 2.89 bits per heavy atom. The molecular formula is C15H25NO2. The first-order valence-electron chi connectivity index (χ1n) is 7.02. The van der Waals surface area contributed by atoms with Crippen LogP contribution in [0.5, 0.6) is 0 Å². The molecular weight excluding hydrogens is 226 g/mol. The highest BCUT2D eigenvalue weighted by atomic mass is 16.5. The van der Waals surface area contributed by atoms with E-state index in [1.54, 1.807) is 6.26 Å². The van der Waals surface area contributed by atoms with Crippen LogP contribution in [0.15, 0.2) is 22.8 Å². The Morgan fingerprint density at radius 1 is 1.56 bits per heavy atom. The van der Waals surface area contributed by atoms with Gasteiger partial charge in [-0.05, 0) is 38.8 Å². The third-order valence-electron chi connectivity index (χ3n) is 4.53. The molecule has 102 valence electrons. The van der Waals surface area contributed by atoms with Crippen LogP contribution in [0.4, 0.5) is 0 Å². The van der Waals surface area contributed by atoms with Gasteiger partial charge in [0.1, 0.15) is 5.76 Å². The van der Waals surface area contributed by atoms with Crippen molar-refractivity contribution in [3.05, 3.63) is 24.2 Å². The van der Waals surface area contributed by atoms with Crippen molar-refractivity contribution in [2.45, 2.75) is 58.7 Å². The van der Waals surface area contributed by atoms with Gasteiger partial charge in [-0.15, -0.1) is 0 Å². The number of hydrogen-bond donors (Lipinski definition) is 1. The topological polar surface area (TPSA) is 34.4 Å². The van der Waals surface area contributed by atoms with E-state index in [9.17, 15) is 0 Å². The summed E-state index contributed by atoms with van der Waals surface area (Å²) >= 11 is 0. The highest BCUT2D eigenvalue weighted by molar-refractivity contribution is 5.09. The predicted molar refractivity (Wildman–Crippen MR) is 72.5 cm³/mol. The number of nitrogens with one attached hydrogen (secondary N) is 1. The molecule has 3 unspecified atom stereocenters. The summed E-state index contributed by atoms with van der Waals surface area (Å²) in [6.07, 6.45) is 4.37. The van der Waals surface area contributed by atoms with Crippen LogP contribution < -0.4 is 5.32 Å². The molecule has 1 fully saturated rings. The average Bonchev–Trinajstić information content (AvgIpc) is 2.90. The summed E-state index contributed by atoms with van der Waals surface area (Å²) in [5, 5.41) is 3.67. The Morgan fingerprint density at radius 2 is 2.33 bits per heavy atom. The Labute approximate surface area is 110 Å². The molecule has 0 aliphatic heterocycles. The zero-order valence-electron chi connectivity index (χ0n) is 11.9. The van der Waals surface area contributed by atoms with Gasteiger partial charge in [-0.25, -0.2) is 0 Å². The number of furan rings is 1. The highest BCUT2D eigenvalue weighted by Gasteiger charge is 2.51. The van der Waals surface area contributed by atoms with Crippen LogP contribution in [-0.2, 0) is 4.74 Å². The van der Waals surface area contributed by atoms with Gasteiger partial charge in [0, 0.05) is 18.1 Å². The van der Waals surface area contributed by atoms with Crippen molar-refractivity contribution < 1.29 is 9.15 Å². The molecule has 1 heterocycles. The lowest BCUT2D eigenvalue weighted by Crippen LogP contribution is -2.62. The van der Waals surface area contributed by atoms with Crippen LogP contribution in [0.1, 0.15) is 52.3 Å². The fraction of sp³-hybridized carbons (Fsp3) is 0.733. The van der Waals surface area contributed by atoms with E-state index in [2.05, 4.69) is 33.0 Å². The molecule has 3 heteroatoms. The molecule has 0 aromatic carbocycles. The molecule has 1 aromatic heterocycles. The maximum Gasteiger partial charge on any atom is 0.120 e. The van der Waals surface area contributed by atoms with Gasteiger partial charge in [0.15, 0.2) is 0 Å². The summed E-state index contributed by atoms with van der Waals surface area (Å²) in [5.74, 6) is 1.01. The molecule has 1 saturated carbocycles. The van der Waals surface area contributed by atoms with Crippen LogP contribution in [0.2, 0.25) is 0 Å². The lowest BCUT2D eigenvalue weighted by Gasteiger charge is -2.54. The Kier molecular flexibility index (Phi) is 4.13. The molecule has 18 heavy (non-hydrogen) atoms. The zero-order chi connectivity index (χ0) is 13.2. The molecule has 3 nitrogen and oxygen atoms in total. The molecule has 1 aliphatic rings. The van der Waals surface area contributed by atoms with E-state index in [4.69, 9.17) is 9.15 Å². The van der Waals surface area contributed by atoms with E-state index in [1.807, 2.05) is 12.1 Å². The second-order valence-electron chi connectivity index (χ2n) is 5.50. The molecule has 1 N–H and O–H groups in total. The number of rotatable bonds is 6. The van der Waals surface area contributed by atoms with Crippen LogP contribution in [0.25, 0.3) is 0 Å². The smallest absolute Gasteiger partial charge is 0.120 e. The van der Waals surface area contributed by atoms with Crippen LogP contribution in [0.3, 0.4) is 0 Å². The standard InChI is InChI=1S/C15H25NO2/c1-5-15(4)13(10-14(15)17-6-2)16-11(3)12-8-7-9-18-12/h7-9,11,13-14,16H,5-6,10H2,1-4H3/t11-,13?,14?,15?/m0/s1. The molecule has 0 bridgehead atoms. The molecule has 0 amide bonds. The molecule has 0 radical (unpaired) electrons. The third-order valence-corrected chi connectivity index (χ3v) is 4.53. The van der Waals surface area contributed by atoms with E-state index >= 15 is 0 Å². The van der Waals surface area contributed by atoms with Crippen molar-refractivity contribution in [3.8, 4) is 0 Å². The van der Waals surface area contributed by atoms with E-state index in [-0.39, 0.29) is 11.5 Å². The van der Waals surface area contributed by atoms with Gasteiger partial charge in [-0.2, -0.15) is 0 Å². The molecule has 4 atom stereocenters. The van der Waals surface area contributed by atoms with Crippen molar-refractivity contribution in [1.29, 1.82) is 0 Å². The Balaban J connectivity index is 1.95. The van der Waals surface area contributed by atoms with E-state index in [1.165, 1.54) is 0 Å². The lowest BCUT2D eigenvalue weighted by molar-refractivity contribution is -0.128. The molecule has 2 rings (SSSR count). The Hall–Kier alpha value is -0.800. The maximum atomic E-state index is 5.82. The van der Waals surface area contributed by atoms with Crippen molar-refractivity contribution >= 4 is 0 Å². The minimum atomic E-state index is 0.247. The van der Waals surface area contributed by atoms with Gasteiger partial charge in [-0.3, -0.25) is 0 Å². The van der Waals surface area contributed by atoms with Crippen molar-refractivity contribution in [3.63, 3.8) is 0 Å². The molecule has 0 saturated heterocycles. The molecule has 1 aliphatic carbocycles. The second kappa shape index (κ2) is 5.45. The summed E-state index contributed by atoms with van der Waals surface area (Å²) in [7, 11) is 0. The van der Waals surface area contributed by atoms with Crippen molar-refractivity contribution in [2.75, 3.05) is 6.61 Å². The second-order valence-corrected chi connectivity index (χ2v) is 5.50. The molecule has 0 spiro atoms. The first kappa shape index (κ1) is 13.6. The van der Waals surface area contributed by atoms with Crippen molar-refractivity contribution in [1.82, 2.24) is 5.32 Å². The molecule has 1 aromatic rings. The van der Waals surface area contributed by atoms with Gasteiger partial charge in [-0.1, -0.05) is 13.8 Å². The largest absolute Gasteiger partial charge is 0.468 e. The zero-order valence-corrected chi connectivity index (χ0v) is 11.9. The number of ether oxygens (including phenoxy) is 1. The van der Waals surface area contributed by atoms with Crippen LogP contribution >= 0.6 is 0 Å². The van der Waals surface area contributed by atoms with E-state index in [0.717, 1.165) is 25.2 Å². The maximum absolute atomic E-state index is 5.82. The first-order valence-corrected chi connectivity index (χ1v) is 7.02. The van der Waals surface area contributed by atoms with Gasteiger partial charge < -0.3 is 14.5 Å². The lowest BCUT2D eigenvalue weighted by atomic mass is 9.61. The summed E-state index contributed by atoms with van der Waals surface area (Å²) in [6.45, 7) is 9.60. The summed E-state index contributed by atoms with van der Waals surface area (Å²) < 4.78 is 11.3. The fourth-order valence-corrected chi connectivity index (χ4v) is 2.93. The number of hydrogen-bond acceptors (Lipinski definition) is 3. The minimum Gasteiger partial charge on any atom is -0.468 e. The normalized spacial score (nSPS) is 33.1. The summed E-state index contributed by atoms with van der Waals surface area (Å²) in [5.41, 5.74) is 0.247. The van der Waals surface area contributed by atoms with E-state index in [0.29, 0.717) is 12.1 Å². The van der Waals surface area contributed by atoms with Gasteiger partial charge in [0.25, 0.3) is 0 Å². The summed E-state index contributed by atoms with van der Waals surface area (Å²) in [4.78, 5) is 0. The quantitative estimate of drug-likeness (QED) is 0.840. The highest BCUT2D eigenvalue weighted by Crippen LogP contribution is 2.46. The van der Waals surface area contributed by atoms with Gasteiger partial charge in [0.05, 0.1) is 18.4 Å². The van der Waals surface area contributed by atoms with Crippen LogP contribution in [0, 0.1) is 5.41 Å². The average molecular weight is 251 g/mol. The predicted octanol–water partition coefficient (Wildman–Crippen LogP) is 3.52. The van der Waals surface area contributed by atoms with Crippen LogP contribution in [-0.4, -0.2) is 18.8 Å². The Bertz CT molecular complexity index is 363. The monoisotopic (exact) mass is 251 g/mol. The van der Waals surface area contributed by atoms with Crippen molar-refractivity contribution in [2.24, 2.45) is 5.41 Å². The first-order chi connectivity index (χ1) is 8.61. The summed E-state index contributed by atoms with van der Waals surface area (Å²) in [6, 6.07) is 4.74. The minimum absolute atomic E-state index is 0.247.